The van der Waals surface area contributed by atoms with E-state index in [1.54, 1.807) is 0 Å². The molecule has 0 aliphatic carbocycles. The van der Waals surface area contributed by atoms with E-state index < -0.39 is 15.5 Å². The number of benzene rings is 1. The van der Waals surface area contributed by atoms with Gasteiger partial charge in [-0.3, -0.25) is 20.2 Å². The molecule has 1 rings (SSSR count). The van der Waals surface area contributed by atoms with Gasteiger partial charge in [-0.25, -0.2) is 0 Å². The Hall–Kier alpha value is -1.89. The Labute approximate surface area is 121 Å². The van der Waals surface area contributed by atoms with E-state index in [9.17, 15) is 20.2 Å². The fraction of sp³-hybridized carbons (Fsp3) is 0.500. The van der Waals surface area contributed by atoms with Crippen LogP contribution in [0.1, 0.15) is 32.3 Å². The molecule has 0 spiro atoms. The second-order valence-electron chi connectivity index (χ2n) is 4.42. The lowest BCUT2D eigenvalue weighted by Gasteiger charge is -2.17. The molecule has 0 bridgehead atoms. The second kappa shape index (κ2) is 6.51. The van der Waals surface area contributed by atoms with E-state index in [2.05, 4.69) is 5.32 Å². The number of aryl methyl sites for hydroxylation is 1. The minimum atomic E-state index is -0.687. The van der Waals surface area contributed by atoms with Crippen LogP contribution in [0.5, 0.6) is 0 Å². The van der Waals surface area contributed by atoms with E-state index in [-0.39, 0.29) is 22.4 Å². The highest BCUT2D eigenvalue weighted by Crippen LogP contribution is 2.42. The molecule has 1 aromatic rings. The van der Waals surface area contributed by atoms with Crippen LogP contribution in [-0.4, -0.2) is 15.9 Å². The van der Waals surface area contributed by atoms with Gasteiger partial charge < -0.3 is 5.32 Å². The summed E-state index contributed by atoms with van der Waals surface area (Å²) in [7, 11) is 0. The van der Waals surface area contributed by atoms with Crippen LogP contribution >= 0.6 is 11.6 Å². The molecule has 0 atom stereocenters. The predicted octanol–water partition coefficient (Wildman–Crippen LogP) is 4.07. The van der Waals surface area contributed by atoms with Gasteiger partial charge in [0.1, 0.15) is 5.02 Å². The van der Waals surface area contributed by atoms with Gasteiger partial charge in [0.05, 0.1) is 9.85 Å². The van der Waals surface area contributed by atoms with Crippen LogP contribution in [0.4, 0.5) is 17.1 Å². The topological polar surface area (TPSA) is 98.3 Å². The molecule has 8 heteroatoms. The summed E-state index contributed by atoms with van der Waals surface area (Å²) in [4.78, 5) is 21.0. The molecule has 110 valence electrons. The van der Waals surface area contributed by atoms with Crippen molar-refractivity contribution in [3.8, 4) is 0 Å². The fourth-order valence-electron chi connectivity index (χ4n) is 1.91. The highest BCUT2D eigenvalue weighted by Gasteiger charge is 2.31. The van der Waals surface area contributed by atoms with Gasteiger partial charge in [-0.2, -0.15) is 0 Å². The molecular formula is C12H16ClN3O4. The molecule has 0 aliphatic heterocycles. The first-order chi connectivity index (χ1) is 9.33. The third-order valence-corrected chi connectivity index (χ3v) is 3.59. The number of nitro benzene ring substituents is 2. The summed E-state index contributed by atoms with van der Waals surface area (Å²) in [6, 6.07) is 1.16. The van der Waals surface area contributed by atoms with Gasteiger partial charge in [0, 0.05) is 12.1 Å². The quantitative estimate of drug-likeness (QED) is 0.631. The number of nitrogens with zero attached hydrogens (tertiary/aromatic N) is 2. The summed E-state index contributed by atoms with van der Waals surface area (Å²) in [5.74, 6) is 0. The molecule has 0 amide bonds. The molecule has 20 heavy (non-hydrogen) atoms. The van der Waals surface area contributed by atoms with Crippen molar-refractivity contribution in [3.05, 3.63) is 36.9 Å². The van der Waals surface area contributed by atoms with Crippen LogP contribution in [-0.2, 0) is 0 Å². The van der Waals surface area contributed by atoms with Crippen molar-refractivity contribution < 1.29 is 9.85 Å². The van der Waals surface area contributed by atoms with Crippen molar-refractivity contribution in [1.29, 1.82) is 0 Å². The van der Waals surface area contributed by atoms with Gasteiger partial charge >= 0.3 is 5.69 Å². The first kappa shape index (κ1) is 16.2. The lowest BCUT2D eigenvalue weighted by molar-refractivity contribution is -0.392. The largest absolute Gasteiger partial charge is 0.371 e. The highest BCUT2D eigenvalue weighted by molar-refractivity contribution is 6.34. The molecule has 0 fully saturated rings. The maximum atomic E-state index is 11.2. The minimum absolute atomic E-state index is 0.0749. The predicted molar refractivity (Wildman–Crippen MR) is 77.5 cm³/mol. The van der Waals surface area contributed by atoms with Crippen molar-refractivity contribution in [3.63, 3.8) is 0 Å². The van der Waals surface area contributed by atoms with Crippen LogP contribution in [0, 0.1) is 27.2 Å². The average molecular weight is 302 g/mol. The second-order valence-corrected chi connectivity index (χ2v) is 4.80. The first-order valence-corrected chi connectivity index (χ1v) is 6.59. The Morgan fingerprint density at radius 3 is 2.20 bits per heavy atom. The Balaban J connectivity index is 3.54. The smallest absolute Gasteiger partial charge is 0.318 e. The molecule has 0 unspecified atom stereocenters. The summed E-state index contributed by atoms with van der Waals surface area (Å²) >= 11 is 5.94. The van der Waals surface area contributed by atoms with Gasteiger partial charge in [-0.05, 0) is 25.3 Å². The Morgan fingerprint density at radius 1 is 1.25 bits per heavy atom. The van der Waals surface area contributed by atoms with Gasteiger partial charge in [-0.15, -0.1) is 0 Å². The van der Waals surface area contributed by atoms with Gasteiger partial charge in [0.15, 0.2) is 5.69 Å². The molecule has 0 radical (unpaired) electrons. The standard InChI is InChI=1S/C12H16ClN3O4/c1-4-8(5-2)14-11-9(15(17)18)6-7(3)10(13)12(11)16(19)20/h6,8,14H,4-5H2,1-3H3. The molecule has 0 heterocycles. The van der Waals surface area contributed by atoms with Crippen LogP contribution in [0.3, 0.4) is 0 Å². The molecular weight excluding hydrogens is 286 g/mol. The zero-order valence-electron chi connectivity index (χ0n) is 11.5. The number of rotatable bonds is 6. The van der Waals surface area contributed by atoms with E-state index in [1.165, 1.54) is 13.0 Å². The Morgan fingerprint density at radius 2 is 1.80 bits per heavy atom. The summed E-state index contributed by atoms with van der Waals surface area (Å²) in [5, 5.41) is 25.1. The third kappa shape index (κ3) is 3.16. The van der Waals surface area contributed by atoms with E-state index in [4.69, 9.17) is 11.6 Å². The lowest BCUT2D eigenvalue weighted by Crippen LogP contribution is -2.19. The third-order valence-electron chi connectivity index (χ3n) is 3.11. The van der Waals surface area contributed by atoms with Gasteiger partial charge in [0.25, 0.3) is 5.69 Å². The van der Waals surface area contributed by atoms with Crippen molar-refractivity contribution in [1.82, 2.24) is 0 Å². The molecule has 0 saturated heterocycles. The van der Waals surface area contributed by atoms with E-state index in [0.717, 1.165) is 0 Å². The molecule has 7 nitrogen and oxygen atoms in total. The number of anilines is 1. The number of halogens is 1. The van der Waals surface area contributed by atoms with Crippen LogP contribution in [0.25, 0.3) is 0 Å². The number of nitrogens with one attached hydrogen (secondary N) is 1. The summed E-state index contributed by atoms with van der Waals surface area (Å²) in [6.07, 6.45) is 1.38. The van der Waals surface area contributed by atoms with Crippen molar-refractivity contribution in [2.75, 3.05) is 5.32 Å². The van der Waals surface area contributed by atoms with Crippen molar-refractivity contribution in [2.24, 2.45) is 0 Å². The van der Waals surface area contributed by atoms with Crippen LogP contribution < -0.4 is 5.32 Å². The first-order valence-electron chi connectivity index (χ1n) is 6.21. The zero-order valence-corrected chi connectivity index (χ0v) is 12.2. The van der Waals surface area contributed by atoms with Crippen LogP contribution in [0.2, 0.25) is 5.02 Å². The summed E-state index contributed by atoms with van der Waals surface area (Å²) in [6.45, 7) is 5.30. The molecule has 0 aromatic heterocycles. The molecule has 0 aliphatic rings. The van der Waals surface area contributed by atoms with Crippen molar-refractivity contribution >= 4 is 28.7 Å². The monoisotopic (exact) mass is 301 g/mol. The van der Waals surface area contributed by atoms with E-state index in [0.29, 0.717) is 18.4 Å². The molecule has 1 N–H and O–H groups in total. The maximum absolute atomic E-state index is 11.2. The average Bonchev–Trinajstić information content (AvgIpc) is 2.38. The Bertz CT molecular complexity index is 544. The summed E-state index contributed by atoms with van der Waals surface area (Å²) in [5.41, 5.74) is -0.583. The van der Waals surface area contributed by atoms with E-state index in [1.807, 2.05) is 13.8 Å². The maximum Gasteiger partial charge on any atom is 0.318 e. The Kier molecular flexibility index (Phi) is 5.26. The lowest BCUT2D eigenvalue weighted by atomic mass is 10.1. The fourth-order valence-corrected chi connectivity index (χ4v) is 2.13. The SMILES string of the molecule is CCC(CC)Nc1c([N+](=O)[O-])cc(C)c(Cl)c1[N+](=O)[O-]. The number of hydrogen-bond donors (Lipinski definition) is 1. The van der Waals surface area contributed by atoms with Crippen molar-refractivity contribution in [2.45, 2.75) is 39.7 Å². The normalized spacial score (nSPS) is 10.7. The molecule has 0 saturated carbocycles. The van der Waals surface area contributed by atoms with Gasteiger partial charge in [-0.1, -0.05) is 25.4 Å². The minimum Gasteiger partial charge on any atom is -0.371 e. The van der Waals surface area contributed by atoms with Gasteiger partial charge in [0.2, 0.25) is 0 Å². The van der Waals surface area contributed by atoms with Crippen LogP contribution in [0.15, 0.2) is 6.07 Å². The summed E-state index contributed by atoms with van der Waals surface area (Å²) < 4.78 is 0. The molecule has 1 aromatic carbocycles. The van der Waals surface area contributed by atoms with E-state index >= 15 is 0 Å². The zero-order chi connectivity index (χ0) is 15.4. The highest BCUT2D eigenvalue weighted by atomic mass is 35.5. The number of hydrogen-bond acceptors (Lipinski definition) is 5. The number of nitro groups is 2.